The quantitative estimate of drug-likeness (QED) is 0.821. The van der Waals surface area contributed by atoms with Gasteiger partial charge in [0.15, 0.2) is 11.5 Å². The van der Waals surface area contributed by atoms with Crippen molar-refractivity contribution in [2.45, 2.75) is 25.8 Å². The summed E-state index contributed by atoms with van der Waals surface area (Å²) in [6.45, 7) is 4.37. The lowest BCUT2D eigenvalue weighted by Crippen LogP contribution is -2.23. The van der Waals surface area contributed by atoms with Gasteiger partial charge in [0, 0.05) is 6.20 Å². The monoisotopic (exact) mass is 250 g/mol. The predicted octanol–water partition coefficient (Wildman–Crippen LogP) is 2.54. The number of halogens is 1. The first kappa shape index (κ1) is 11.0. The Balaban J connectivity index is 2.03. The minimum atomic E-state index is 0.357. The molecule has 4 nitrogen and oxygen atoms in total. The minimum absolute atomic E-state index is 0.357. The highest BCUT2D eigenvalue weighted by atomic mass is 35.5. The topological polar surface area (TPSA) is 33.4 Å². The fraction of sp³-hybridized carbons (Fsp3) is 0.500. The van der Waals surface area contributed by atoms with Gasteiger partial charge in [-0.1, -0.05) is 18.5 Å². The standard InChI is InChI=1S/C12H15ClN4/c1-2-16-7-4-6-10(16)11-14-12-9(13)5-3-8-17(12)15-11/h3,5,8,10H,2,4,6-7H2,1H3. The molecule has 0 N–H and O–H groups in total. The van der Waals surface area contributed by atoms with Crippen LogP contribution in [0.2, 0.25) is 5.02 Å². The number of hydrogen-bond acceptors (Lipinski definition) is 3. The lowest BCUT2D eigenvalue weighted by atomic mass is 10.2. The number of hydrogen-bond donors (Lipinski definition) is 0. The van der Waals surface area contributed by atoms with Gasteiger partial charge in [0.1, 0.15) is 0 Å². The second-order valence-corrected chi connectivity index (χ2v) is 4.79. The second kappa shape index (κ2) is 4.27. The molecule has 1 fully saturated rings. The Morgan fingerprint density at radius 2 is 2.41 bits per heavy atom. The van der Waals surface area contributed by atoms with Crippen LogP contribution in [0.5, 0.6) is 0 Å². The summed E-state index contributed by atoms with van der Waals surface area (Å²) in [6.07, 6.45) is 4.26. The summed E-state index contributed by atoms with van der Waals surface area (Å²) in [6, 6.07) is 4.10. The molecule has 3 rings (SSSR count). The van der Waals surface area contributed by atoms with Gasteiger partial charge >= 0.3 is 0 Å². The predicted molar refractivity (Wildman–Crippen MR) is 67.2 cm³/mol. The molecule has 90 valence electrons. The van der Waals surface area contributed by atoms with Crippen LogP contribution in [0.1, 0.15) is 31.6 Å². The van der Waals surface area contributed by atoms with Gasteiger partial charge in [0.2, 0.25) is 0 Å². The molecule has 0 spiro atoms. The fourth-order valence-corrected chi connectivity index (χ4v) is 2.73. The van der Waals surface area contributed by atoms with Crippen LogP contribution in [0.4, 0.5) is 0 Å². The average molecular weight is 251 g/mol. The lowest BCUT2D eigenvalue weighted by molar-refractivity contribution is 0.262. The van der Waals surface area contributed by atoms with Gasteiger partial charge in [0.25, 0.3) is 0 Å². The van der Waals surface area contributed by atoms with Crippen molar-refractivity contribution in [3.05, 3.63) is 29.2 Å². The number of rotatable bonds is 2. The molecule has 1 saturated heterocycles. The maximum atomic E-state index is 6.11. The first-order valence-corrected chi connectivity index (χ1v) is 6.42. The third-order valence-corrected chi connectivity index (χ3v) is 3.69. The van der Waals surface area contributed by atoms with Crippen molar-refractivity contribution in [1.82, 2.24) is 19.5 Å². The van der Waals surface area contributed by atoms with E-state index in [1.54, 1.807) is 4.52 Å². The minimum Gasteiger partial charge on any atom is -0.294 e. The molecule has 17 heavy (non-hydrogen) atoms. The number of aromatic nitrogens is 3. The van der Waals surface area contributed by atoms with E-state index in [1.165, 1.54) is 6.42 Å². The maximum Gasteiger partial charge on any atom is 0.174 e. The largest absolute Gasteiger partial charge is 0.294 e. The normalized spacial score (nSPS) is 21.4. The van der Waals surface area contributed by atoms with E-state index in [9.17, 15) is 0 Å². The molecule has 1 unspecified atom stereocenters. The third-order valence-electron chi connectivity index (χ3n) is 3.40. The zero-order chi connectivity index (χ0) is 11.8. The molecule has 3 heterocycles. The summed E-state index contributed by atoms with van der Waals surface area (Å²) in [5.74, 6) is 0.900. The fourth-order valence-electron chi connectivity index (χ4n) is 2.53. The smallest absolute Gasteiger partial charge is 0.174 e. The van der Waals surface area contributed by atoms with Gasteiger partial charge in [-0.05, 0) is 38.1 Å². The van der Waals surface area contributed by atoms with Gasteiger partial charge < -0.3 is 0 Å². The van der Waals surface area contributed by atoms with E-state index >= 15 is 0 Å². The van der Waals surface area contributed by atoms with E-state index in [-0.39, 0.29) is 0 Å². The average Bonchev–Trinajstić information content (AvgIpc) is 2.94. The molecule has 0 amide bonds. The molecular formula is C12H15ClN4. The highest BCUT2D eigenvalue weighted by Gasteiger charge is 2.28. The van der Waals surface area contributed by atoms with Crippen LogP contribution in [-0.2, 0) is 0 Å². The Morgan fingerprint density at radius 1 is 1.53 bits per heavy atom. The summed E-state index contributed by atoms with van der Waals surface area (Å²) in [7, 11) is 0. The van der Waals surface area contributed by atoms with Gasteiger partial charge in [-0.2, -0.15) is 0 Å². The van der Waals surface area contributed by atoms with Crippen LogP contribution in [0.15, 0.2) is 18.3 Å². The first-order valence-electron chi connectivity index (χ1n) is 6.04. The zero-order valence-electron chi connectivity index (χ0n) is 9.80. The third kappa shape index (κ3) is 1.81. The van der Waals surface area contributed by atoms with E-state index in [1.807, 2.05) is 18.3 Å². The van der Waals surface area contributed by atoms with E-state index in [2.05, 4.69) is 21.9 Å². The van der Waals surface area contributed by atoms with Crippen LogP contribution in [0, 0.1) is 0 Å². The molecule has 2 aromatic rings. The zero-order valence-corrected chi connectivity index (χ0v) is 10.6. The van der Waals surface area contributed by atoms with Gasteiger partial charge in [-0.3, -0.25) is 4.90 Å². The maximum absolute atomic E-state index is 6.11. The van der Waals surface area contributed by atoms with Crippen molar-refractivity contribution in [2.75, 3.05) is 13.1 Å². The Kier molecular flexibility index (Phi) is 2.76. The van der Waals surface area contributed by atoms with Crippen molar-refractivity contribution in [2.24, 2.45) is 0 Å². The van der Waals surface area contributed by atoms with Crippen LogP contribution in [0.25, 0.3) is 5.65 Å². The summed E-state index contributed by atoms with van der Waals surface area (Å²) >= 11 is 6.11. The van der Waals surface area contributed by atoms with Crippen LogP contribution in [0.3, 0.4) is 0 Å². The van der Waals surface area contributed by atoms with E-state index in [4.69, 9.17) is 11.6 Å². The summed E-state index contributed by atoms with van der Waals surface area (Å²) < 4.78 is 1.77. The molecule has 1 atom stereocenters. The molecular weight excluding hydrogens is 236 g/mol. The SMILES string of the molecule is CCN1CCCC1c1nc2c(Cl)cccn2n1. The van der Waals surface area contributed by atoms with E-state index in [0.29, 0.717) is 11.1 Å². The molecule has 2 aromatic heterocycles. The summed E-state index contributed by atoms with van der Waals surface area (Å²) in [5, 5.41) is 5.19. The van der Waals surface area contributed by atoms with Gasteiger partial charge in [0.05, 0.1) is 11.1 Å². The highest BCUT2D eigenvalue weighted by molar-refractivity contribution is 6.33. The molecule has 0 aromatic carbocycles. The Bertz CT molecular complexity index is 536. The van der Waals surface area contributed by atoms with Gasteiger partial charge in [-0.25, -0.2) is 9.50 Å². The Morgan fingerprint density at radius 3 is 3.18 bits per heavy atom. The number of likely N-dealkylation sites (tertiary alicyclic amines) is 1. The summed E-state index contributed by atoms with van der Waals surface area (Å²) in [4.78, 5) is 6.99. The molecule has 5 heteroatoms. The van der Waals surface area contributed by atoms with E-state index < -0.39 is 0 Å². The second-order valence-electron chi connectivity index (χ2n) is 4.38. The molecule has 0 saturated carbocycles. The molecule has 0 aliphatic carbocycles. The first-order chi connectivity index (χ1) is 8.29. The van der Waals surface area contributed by atoms with Crippen LogP contribution < -0.4 is 0 Å². The lowest BCUT2D eigenvalue weighted by Gasteiger charge is -2.19. The highest BCUT2D eigenvalue weighted by Crippen LogP contribution is 2.30. The Hall–Kier alpha value is -1.13. The van der Waals surface area contributed by atoms with Crippen molar-refractivity contribution < 1.29 is 0 Å². The van der Waals surface area contributed by atoms with Crippen molar-refractivity contribution in [1.29, 1.82) is 0 Å². The number of pyridine rings is 1. The summed E-state index contributed by atoms with van der Waals surface area (Å²) in [5.41, 5.74) is 0.757. The number of fused-ring (bicyclic) bond motifs is 1. The molecule has 0 radical (unpaired) electrons. The molecule has 1 aliphatic rings. The molecule has 0 bridgehead atoms. The Labute approximate surface area is 105 Å². The van der Waals surface area contributed by atoms with Crippen LogP contribution >= 0.6 is 11.6 Å². The van der Waals surface area contributed by atoms with Crippen molar-refractivity contribution >= 4 is 17.2 Å². The van der Waals surface area contributed by atoms with Gasteiger partial charge in [-0.15, -0.1) is 5.10 Å². The van der Waals surface area contributed by atoms with Crippen molar-refractivity contribution in [3.63, 3.8) is 0 Å². The van der Waals surface area contributed by atoms with E-state index in [0.717, 1.165) is 31.0 Å². The van der Waals surface area contributed by atoms with Crippen LogP contribution in [-0.4, -0.2) is 32.6 Å². The van der Waals surface area contributed by atoms with Crippen molar-refractivity contribution in [3.8, 4) is 0 Å². The molecule has 1 aliphatic heterocycles. The number of nitrogens with zero attached hydrogens (tertiary/aromatic N) is 4.